The number of methoxy groups -OCH3 is 1. The number of aromatic nitrogens is 1. The third-order valence-corrected chi connectivity index (χ3v) is 13.8. The van der Waals surface area contributed by atoms with E-state index in [-0.39, 0.29) is 29.7 Å². The van der Waals surface area contributed by atoms with Crippen molar-refractivity contribution >= 4 is 38.5 Å². The molecule has 246 valence electrons. The minimum absolute atomic E-state index is 0.0472. The molecule has 0 spiro atoms. The lowest BCUT2D eigenvalue weighted by molar-refractivity contribution is -0.143. The molecule has 0 radical (unpaired) electrons. The van der Waals surface area contributed by atoms with Gasteiger partial charge in [-0.1, -0.05) is 37.5 Å². The first-order chi connectivity index (χ1) is 22.7. The van der Waals surface area contributed by atoms with Crippen LogP contribution in [0.15, 0.2) is 52.6 Å². The number of allylic oxidation sites excluding steroid dienone is 4. The maximum atomic E-state index is 14.7. The maximum Gasteiger partial charge on any atom is 0.265 e. The van der Waals surface area contributed by atoms with Crippen LogP contribution in [0.4, 0.5) is 0 Å². The van der Waals surface area contributed by atoms with Crippen molar-refractivity contribution in [2.75, 3.05) is 7.11 Å². The maximum absolute atomic E-state index is 14.7. The number of rotatable bonds is 6. The number of nitrogens with one attached hydrogen (secondary N) is 1. The SMILES string of the molecule is COc1ccc(C2CCCCC2)c2c1cc1n2CC2=C(C(=O)NS(=O)(=O)C3CC3)C2=C2C=CC[C@@H](C(=O)N3C4CCC3CC(=O)C4)C21. The van der Waals surface area contributed by atoms with Crippen LogP contribution in [0, 0.1) is 5.92 Å². The first-order valence-corrected chi connectivity index (χ1v) is 19.0. The number of hydrogen-bond donors (Lipinski definition) is 1. The first kappa shape index (κ1) is 29.5. The predicted octanol–water partition coefficient (Wildman–Crippen LogP) is 5.31. The molecule has 4 atom stereocenters. The molecule has 47 heavy (non-hydrogen) atoms. The Labute approximate surface area is 275 Å². The van der Waals surface area contributed by atoms with Crippen molar-refractivity contribution in [3.05, 3.63) is 63.9 Å². The molecule has 1 aromatic carbocycles. The largest absolute Gasteiger partial charge is 0.496 e. The fraction of sp³-hybridized carbons (Fsp3) is 0.541. The Morgan fingerprint density at radius 3 is 2.43 bits per heavy atom. The van der Waals surface area contributed by atoms with Crippen LogP contribution in [0.1, 0.15) is 100 Å². The molecular formula is C37H41N3O6S. The van der Waals surface area contributed by atoms with E-state index in [2.05, 4.69) is 33.6 Å². The summed E-state index contributed by atoms with van der Waals surface area (Å²) in [5.74, 6) is 0.243. The number of benzene rings is 1. The molecule has 9 rings (SSSR count). The van der Waals surface area contributed by atoms with E-state index in [1.165, 1.54) is 24.8 Å². The summed E-state index contributed by atoms with van der Waals surface area (Å²) in [6.45, 7) is 0.436. The van der Waals surface area contributed by atoms with Gasteiger partial charge in [-0.2, -0.15) is 0 Å². The molecule has 2 bridgehead atoms. The predicted molar refractivity (Wildman–Crippen MR) is 176 cm³/mol. The molecule has 9 nitrogen and oxygen atoms in total. The molecule has 2 aromatic rings. The molecule has 1 N–H and O–H groups in total. The van der Waals surface area contributed by atoms with Crippen molar-refractivity contribution in [3.8, 4) is 5.75 Å². The van der Waals surface area contributed by atoms with Gasteiger partial charge in [0.05, 0.1) is 29.4 Å². The Morgan fingerprint density at radius 2 is 1.72 bits per heavy atom. The quantitative estimate of drug-likeness (QED) is 0.452. The highest BCUT2D eigenvalue weighted by atomic mass is 32.2. The molecule has 4 heterocycles. The number of piperidine rings is 1. The second-order valence-corrected chi connectivity index (χ2v) is 16.7. The van der Waals surface area contributed by atoms with Gasteiger partial charge in [0.25, 0.3) is 5.91 Å². The van der Waals surface area contributed by atoms with E-state index in [1.54, 1.807) is 7.11 Å². The lowest BCUT2D eigenvalue weighted by Gasteiger charge is -2.39. The Bertz CT molecular complexity index is 1940. The lowest BCUT2D eigenvalue weighted by atomic mass is 9.75. The molecular weight excluding hydrogens is 614 g/mol. The zero-order chi connectivity index (χ0) is 32.2. The van der Waals surface area contributed by atoms with Crippen LogP contribution in [-0.4, -0.2) is 59.9 Å². The number of ketones is 1. The van der Waals surface area contributed by atoms with Gasteiger partial charge in [0.2, 0.25) is 15.9 Å². The molecule has 2 saturated heterocycles. The highest BCUT2D eigenvalue weighted by molar-refractivity contribution is 7.91. The van der Waals surface area contributed by atoms with Crippen molar-refractivity contribution in [3.63, 3.8) is 0 Å². The Hall–Kier alpha value is -3.66. The molecule has 3 aliphatic heterocycles. The minimum atomic E-state index is -3.72. The van der Waals surface area contributed by atoms with E-state index in [4.69, 9.17) is 4.74 Å². The smallest absolute Gasteiger partial charge is 0.265 e. The Kier molecular flexibility index (Phi) is 6.69. The molecule has 1 aromatic heterocycles. The van der Waals surface area contributed by atoms with E-state index >= 15 is 0 Å². The Balaban J connectivity index is 1.21. The van der Waals surface area contributed by atoms with E-state index in [1.807, 2.05) is 11.0 Å². The minimum Gasteiger partial charge on any atom is -0.496 e. The number of nitrogens with zero attached hydrogens (tertiary/aromatic N) is 2. The van der Waals surface area contributed by atoms with E-state index < -0.39 is 27.1 Å². The first-order valence-electron chi connectivity index (χ1n) is 17.5. The molecule has 10 heteroatoms. The van der Waals surface area contributed by atoms with Gasteiger partial charge in [-0.25, -0.2) is 13.1 Å². The van der Waals surface area contributed by atoms with E-state index in [0.29, 0.717) is 50.1 Å². The third-order valence-electron chi connectivity index (χ3n) is 12.0. The highest BCUT2D eigenvalue weighted by Gasteiger charge is 2.51. The topological polar surface area (TPSA) is 115 Å². The summed E-state index contributed by atoms with van der Waals surface area (Å²) in [5.41, 5.74) is 6.44. The number of Topliss-reactive ketones (excluding diaryl/α,β-unsaturated/α-hetero) is 1. The number of hydrogen-bond acceptors (Lipinski definition) is 6. The van der Waals surface area contributed by atoms with Crippen LogP contribution in [0.5, 0.6) is 5.75 Å². The van der Waals surface area contributed by atoms with Crippen LogP contribution < -0.4 is 9.46 Å². The van der Waals surface area contributed by atoms with E-state index in [0.717, 1.165) is 64.7 Å². The van der Waals surface area contributed by atoms with Gasteiger partial charge in [0, 0.05) is 48.5 Å². The summed E-state index contributed by atoms with van der Waals surface area (Å²) in [5, 5.41) is 0.515. The van der Waals surface area contributed by atoms with Gasteiger partial charge in [-0.15, -0.1) is 0 Å². The fourth-order valence-corrected chi connectivity index (χ4v) is 11.0. The average Bonchev–Trinajstić information content (AvgIpc) is 3.98. The number of fused-ring (bicyclic) bond motifs is 8. The van der Waals surface area contributed by atoms with Crippen molar-refractivity contribution in [2.45, 2.75) is 113 Å². The summed E-state index contributed by atoms with van der Waals surface area (Å²) in [4.78, 5) is 42.9. The number of amides is 2. The van der Waals surface area contributed by atoms with Crippen molar-refractivity contribution in [1.82, 2.24) is 14.2 Å². The number of ether oxygens (including phenoxy) is 1. The zero-order valence-electron chi connectivity index (χ0n) is 26.8. The number of carbonyl (C=O) groups is 3. The number of sulfonamides is 1. The lowest BCUT2D eigenvalue weighted by Crippen LogP contribution is -2.50. The van der Waals surface area contributed by atoms with Crippen LogP contribution in [0.2, 0.25) is 0 Å². The van der Waals surface area contributed by atoms with Crippen LogP contribution in [-0.2, 0) is 31.0 Å². The van der Waals surface area contributed by atoms with Gasteiger partial charge in [-0.3, -0.25) is 14.4 Å². The normalized spacial score (nSPS) is 28.6. The molecule has 4 aliphatic carbocycles. The Morgan fingerprint density at radius 1 is 0.979 bits per heavy atom. The summed E-state index contributed by atoms with van der Waals surface area (Å²) in [7, 11) is -2.03. The van der Waals surface area contributed by atoms with Gasteiger partial charge in [0.1, 0.15) is 11.5 Å². The summed E-state index contributed by atoms with van der Waals surface area (Å²) < 4.78 is 36.3. The monoisotopic (exact) mass is 655 g/mol. The van der Waals surface area contributed by atoms with Gasteiger partial charge in [-0.05, 0) is 85.3 Å². The average molecular weight is 656 g/mol. The van der Waals surface area contributed by atoms with Crippen LogP contribution >= 0.6 is 0 Å². The van der Waals surface area contributed by atoms with Gasteiger partial charge in [0.15, 0.2) is 0 Å². The van der Waals surface area contributed by atoms with Crippen molar-refractivity contribution in [2.24, 2.45) is 5.92 Å². The summed E-state index contributed by atoms with van der Waals surface area (Å²) in [6, 6.07) is 6.39. The van der Waals surface area contributed by atoms with Crippen LogP contribution in [0.3, 0.4) is 0 Å². The van der Waals surface area contributed by atoms with Gasteiger partial charge >= 0.3 is 0 Å². The molecule has 4 fully saturated rings. The van der Waals surface area contributed by atoms with Gasteiger partial charge < -0.3 is 14.2 Å². The highest BCUT2D eigenvalue weighted by Crippen LogP contribution is 2.56. The standard InChI is InChI=1S/C37H41N3O6S/c1-46-31-15-14-25(20-6-3-2-4-7-20)35-28(31)18-30-32-26(8-5-9-27(32)37(43)40-21-10-11-22(40)17-23(41)16-21)33-29(19-39(30)35)34(33)36(42)38-47(44,45)24-12-13-24/h5,8,14-15,18,20-22,24,27,32H,2-4,6-7,9-13,16-17,19H2,1H3,(H,38,42)/t21?,22?,27-,32?/m1/s1. The molecule has 2 saturated carbocycles. The molecule has 2 amide bonds. The number of carbonyl (C=O) groups excluding carboxylic acids is 3. The van der Waals surface area contributed by atoms with Crippen molar-refractivity contribution in [1.29, 1.82) is 0 Å². The third kappa shape index (κ3) is 4.60. The fourth-order valence-electron chi connectivity index (χ4n) is 9.67. The second-order valence-electron chi connectivity index (χ2n) is 14.8. The molecule has 7 aliphatic rings. The molecule has 3 unspecified atom stereocenters. The second kappa shape index (κ2) is 10.7. The van der Waals surface area contributed by atoms with Crippen molar-refractivity contribution < 1.29 is 27.5 Å². The van der Waals surface area contributed by atoms with E-state index in [9.17, 15) is 22.8 Å². The van der Waals surface area contributed by atoms with Crippen LogP contribution in [0.25, 0.3) is 10.9 Å². The summed E-state index contributed by atoms with van der Waals surface area (Å²) >= 11 is 0. The summed E-state index contributed by atoms with van der Waals surface area (Å²) in [6.07, 6.45) is 14.2. The zero-order valence-corrected chi connectivity index (χ0v) is 27.6.